The number of aryl methyl sites for hydroxylation is 1. The fraction of sp³-hybridized carbons (Fsp3) is 0.500. The second-order valence-electron chi connectivity index (χ2n) is 9.34. The predicted octanol–water partition coefficient (Wildman–Crippen LogP) is 5.35. The molecule has 2 aromatic carbocycles. The highest BCUT2D eigenvalue weighted by atomic mass is 32.2. The molecule has 0 spiro atoms. The van der Waals surface area contributed by atoms with E-state index in [-0.39, 0.29) is 36.4 Å². The number of hydrogen-bond donors (Lipinski definition) is 1. The largest absolute Gasteiger partial charge is 0.488 e. The average Bonchev–Trinajstić information content (AvgIpc) is 2.86. The van der Waals surface area contributed by atoms with Crippen LogP contribution in [0.4, 0.5) is 0 Å². The molecule has 0 amide bonds. The normalized spacial score (nSPS) is 18.9. The first-order chi connectivity index (χ1) is 15.6. The maximum absolute atomic E-state index is 13.5. The predicted molar refractivity (Wildman–Crippen MR) is 129 cm³/mol. The van der Waals surface area contributed by atoms with Crippen molar-refractivity contribution in [2.24, 2.45) is 5.92 Å². The second kappa shape index (κ2) is 10.7. The molecular formula is C26H35NO5S. The molecule has 0 aliphatic carbocycles. The Morgan fingerprint density at radius 2 is 1.91 bits per heavy atom. The zero-order valence-electron chi connectivity index (χ0n) is 20.0. The van der Waals surface area contributed by atoms with Gasteiger partial charge in [0, 0.05) is 6.54 Å². The van der Waals surface area contributed by atoms with Crippen LogP contribution in [0, 0.1) is 12.8 Å². The van der Waals surface area contributed by atoms with E-state index in [1.54, 1.807) is 24.3 Å². The lowest BCUT2D eigenvalue weighted by Gasteiger charge is -2.24. The topological polar surface area (TPSA) is 83.9 Å². The summed E-state index contributed by atoms with van der Waals surface area (Å²) in [5, 5.41) is 9.44. The molecule has 0 radical (unpaired) electrons. The van der Waals surface area contributed by atoms with Crippen molar-refractivity contribution in [2.75, 3.05) is 6.54 Å². The van der Waals surface area contributed by atoms with E-state index in [0.29, 0.717) is 18.1 Å². The minimum Gasteiger partial charge on any atom is -0.488 e. The fourth-order valence-corrected chi connectivity index (χ4v) is 5.81. The minimum absolute atomic E-state index is 0.0658. The van der Waals surface area contributed by atoms with Gasteiger partial charge in [0.25, 0.3) is 0 Å². The van der Waals surface area contributed by atoms with Crippen molar-refractivity contribution in [3.63, 3.8) is 0 Å². The van der Waals surface area contributed by atoms with Crippen LogP contribution >= 0.6 is 0 Å². The summed E-state index contributed by atoms with van der Waals surface area (Å²) in [5.41, 5.74) is 2.83. The number of benzene rings is 2. The van der Waals surface area contributed by atoms with Gasteiger partial charge >= 0.3 is 5.97 Å². The van der Waals surface area contributed by atoms with Gasteiger partial charge in [-0.1, -0.05) is 57.5 Å². The first kappa shape index (κ1) is 25.2. The molecule has 0 fully saturated rings. The summed E-state index contributed by atoms with van der Waals surface area (Å²) in [6.07, 6.45) is 2.24. The smallest absolute Gasteiger partial charge is 0.303 e. The number of carboxylic acids is 1. The zero-order valence-corrected chi connectivity index (χ0v) is 20.8. The van der Waals surface area contributed by atoms with E-state index in [2.05, 4.69) is 13.8 Å². The summed E-state index contributed by atoms with van der Waals surface area (Å²) >= 11 is 0. The lowest BCUT2D eigenvalue weighted by molar-refractivity contribution is -0.137. The summed E-state index contributed by atoms with van der Waals surface area (Å²) in [6, 6.07) is 12.7. The highest BCUT2D eigenvalue weighted by molar-refractivity contribution is 7.89. The molecule has 0 bridgehead atoms. The average molecular weight is 474 g/mol. The molecule has 0 aromatic heterocycles. The maximum atomic E-state index is 13.5. The molecule has 2 atom stereocenters. The summed E-state index contributed by atoms with van der Waals surface area (Å²) in [4.78, 5) is 11.7. The Morgan fingerprint density at radius 3 is 2.58 bits per heavy atom. The molecule has 1 unspecified atom stereocenters. The molecule has 3 rings (SSSR count). The van der Waals surface area contributed by atoms with Gasteiger partial charge < -0.3 is 9.84 Å². The number of para-hydroxylation sites is 1. The monoisotopic (exact) mass is 473 g/mol. The lowest BCUT2D eigenvalue weighted by Crippen LogP contribution is -2.36. The molecule has 7 heteroatoms. The van der Waals surface area contributed by atoms with E-state index in [1.165, 1.54) is 4.31 Å². The van der Waals surface area contributed by atoms with E-state index in [9.17, 15) is 18.3 Å². The van der Waals surface area contributed by atoms with Crippen LogP contribution in [0.5, 0.6) is 5.75 Å². The van der Waals surface area contributed by atoms with Gasteiger partial charge in [-0.3, -0.25) is 4.79 Å². The molecule has 1 aliphatic heterocycles. The Kier molecular flexibility index (Phi) is 8.19. The molecule has 6 nitrogen and oxygen atoms in total. The van der Waals surface area contributed by atoms with Crippen LogP contribution in [0.2, 0.25) is 0 Å². The molecule has 0 saturated carbocycles. The van der Waals surface area contributed by atoms with E-state index in [4.69, 9.17) is 4.74 Å². The van der Waals surface area contributed by atoms with Gasteiger partial charge in [0.05, 0.1) is 13.0 Å². The molecule has 2 aromatic rings. The summed E-state index contributed by atoms with van der Waals surface area (Å²) in [6.45, 7) is 8.70. The molecule has 0 saturated heterocycles. The molecule has 1 N–H and O–H groups in total. The molecular weight excluding hydrogens is 438 g/mol. The van der Waals surface area contributed by atoms with Crippen molar-refractivity contribution >= 4 is 16.0 Å². The lowest BCUT2D eigenvalue weighted by atomic mass is 9.87. The van der Waals surface area contributed by atoms with Gasteiger partial charge in [-0.25, -0.2) is 8.42 Å². The molecule has 180 valence electrons. The number of nitrogens with zero attached hydrogens (tertiary/aromatic N) is 1. The Morgan fingerprint density at radius 1 is 1.18 bits per heavy atom. The van der Waals surface area contributed by atoms with Crippen molar-refractivity contribution in [2.45, 2.75) is 76.8 Å². The van der Waals surface area contributed by atoms with Crippen molar-refractivity contribution < 1.29 is 23.1 Å². The summed E-state index contributed by atoms with van der Waals surface area (Å²) < 4.78 is 34.5. The third-order valence-electron chi connectivity index (χ3n) is 6.33. The number of rotatable bonds is 9. The Bertz CT molecular complexity index is 1080. The Balaban J connectivity index is 1.95. The fourth-order valence-electron chi connectivity index (χ4n) is 4.24. The van der Waals surface area contributed by atoms with E-state index >= 15 is 0 Å². The van der Waals surface area contributed by atoms with Gasteiger partial charge in [-0.15, -0.1) is 0 Å². The van der Waals surface area contributed by atoms with Crippen molar-refractivity contribution in [1.29, 1.82) is 0 Å². The van der Waals surface area contributed by atoms with Crippen LogP contribution in [-0.2, 0) is 21.4 Å². The molecule has 1 aliphatic rings. The minimum atomic E-state index is -3.74. The van der Waals surface area contributed by atoms with Crippen LogP contribution < -0.4 is 4.74 Å². The Labute approximate surface area is 197 Å². The second-order valence-corrected chi connectivity index (χ2v) is 11.3. The van der Waals surface area contributed by atoms with E-state index in [0.717, 1.165) is 29.5 Å². The Hall–Kier alpha value is -2.38. The standard InChI is InChI=1S/C26H35NO5S/c1-5-23-17-27(33(30,31)25-9-7-6-8-24(25)32-23)16-22-14-20(13-11-19(22)4)21(15-26(28)29)12-10-18(2)3/h6-9,11,13-14,18,21,23H,5,10,12,15-17H2,1-4H3,(H,28,29)/t21?,23-/m1/s1. The van der Waals surface area contributed by atoms with Crippen molar-refractivity contribution in [1.82, 2.24) is 4.31 Å². The number of sulfonamides is 1. The quantitative estimate of drug-likeness (QED) is 0.531. The van der Waals surface area contributed by atoms with E-state index in [1.807, 2.05) is 32.0 Å². The van der Waals surface area contributed by atoms with Crippen LogP contribution in [0.1, 0.15) is 69.1 Å². The molecule has 33 heavy (non-hydrogen) atoms. The molecule has 1 heterocycles. The van der Waals surface area contributed by atoms with Crippen LogP contribution in [-0.4, -0.2) is 36.4 Å². The van der Waals surface area contributed by atoms with Crippen molar-refractivity contribution in [3.8, 4) is 5.75 Å². The first-order valence-electron chi connectivity index (χ1n) is 11.7. The number of aliphatic carboxylic acids is 1. The van der Waals surface area contributed by atoms with Crippen LogP contribution in [0.25, 0.3) is 0 Å². The summed E-state index contributed by atoms with van der Waals surface area (Å²) in [7, 11) is -3.74. The van der Waals surface area contributed by atoms with Crippen LogP contribution in [0.15, 0.2) is 47.4 Å². The highest BCUT2D eigenvalue weighted by Gasteiger charge is 2.34. The first-order valence-corrected chi connectivity index (χ1v) is 13.1. The van der Waals surface area contributed by atoms with E-state index < -0.39 is 16.0 Å². The third-order valence-corrected chi connectivity index (χ3v) is 8.18. The number of carbonyl (C=O) groups is 1. The SMILES string of the molecule is CC[C@@H]1CN(Cc2cc(C(CCC(C)C)CC(=O)O)ccc2C)S(=O)(=O)c2ccccc2O1. The number of carboxylic acid groups (broad SMARTS) is 1. The highest BCUT2D eigenvalue weighted by Crippen LogP contribution is 2.34. The zero-order chi connectivity index (χ0) is 24.2. The maximum Gasteiger partial charge on any atom is 0.303 e. The van der Waals surface area contributed by atoms with Gasteiger partial charge in [-0.2, -0.15) is 4.31 Å². The van der Waals surface area contributed by atoms with Crippen LogP contribution in [0.3, 0.4) is 0 Å². The third kappa shape index (κ3) is 6.15. The van der Waals surface area contributed by atoms with Crippen molar-refractivity contribution in [3.05, 3.63) is 59.2 Å². The van der Waals surface area contributed by atoms with Gasteiger partial charge in [-0.05, 0) is 60.4 Å². The number of hydrogen-bond acceptors (Lipinski definition) is 4. The summed E-state index contributed by atoms with van der Waals surface area (Å²) in [5.74, 6) is -0.0370. The number of ether oxygens (including phenoxy) is 1. The number of fused-ring (bicyclic) bond motifs is 1. The van der Waals surface area contributed by atoms with Gasteiger partial charge in [0.2, 0.25) is 10.0 Å². The van der Waals surface area contributed by atoms with Gasteiger partial charge in [0.15, 0.2) is 0 Å². The van der Waals surface area contributed by atoms with Gasteiger partial charge in [0.1, 0.15) is 16.7 Å².